The van der Waals surface area contributed by atoms with Crippen molar-refractivity contribution in [2.45, 2.75) is 5.25 Å². The predicted octanol–water partition coefficient (Wildman–Crippen LogP) is 3.65. The lowest BCUT2D eigenvalue weighted by atomic mass is 10.3. The molecule has 1 N–H and O–H groups in total. The van der Waals surface area contributed by atoms with E-state index in [1.54, 1.807) is 0 Å². The second-order valence-corrected chi connectivity index (χ2v) is 7.80. The van der Waals surface area contributed by atoms with Crippen LogP contribution in [-0.4, -0.2) is 39.0 Å². The van der Waals surface area contributed by atoms with Crippen molar-refractivity contribution in [1.82, 2.24) is 9.97 Å². The van der Waals surface area contributed by atoms with Gasteiger partial charge in [0, 0.05) is 45.9 Å². The van der Waals surface area contributed by atoms with E-state index < -0.39 is 0 Å². The monoisotopic (exact) mass is 355 g/mol. The van der Waals surface area contributed by atoms with E-state index in [0.717, 1.165) is 27.7 Å². The number of rotatable bonds is 3. The predicted molar refractivity (Wildman–Crippen MR) is 89.3 cm³/mol. The zero-order valence-corrected chi connectivity index (χ0v) is 13.5. The molecular formula is C13H14BrN3S2. The molecule has 0 aliphatic carbocycles. The molecule has 2 aromatic heterocycles. The normalized spacial score (nSPS) is 19.5. The van der Waals surface area contributed by atoms with Crippen molar-refractivity contribution < 1.29 is 0 Å². The summed E-state index contributed by atoms with van der Waals surface area (Å²) < 4.78 is 0.962. The summed E-state index contributed by atoms with van der Waals surface area (Å²) in [4.78, 5) is 8.82. The van der Waals surface area contributed by atoms with Gasteiger partial charge in [0.25, 0.3) is 0 Å². The van der Waals surface area contributed by atoms with Crippen LogP contribution in [0.5, 0.6) is 0 Å². The van der Waals surface area contributed by atoms with E-state index >= 15 is 0 Å². The Morgan fingerprint density at radius 3 is 3.16 bits per heavy atom. The first kappa shape index (κ1) is 13.5. The Hall–Kier alpha value is -0.460. The van der Waals surface area contributed by atoms with E-state index in [2.05, 4.69) is 43.0 Å². The molecule has 0 bridgehead atoms. The molecule has 3 rings (SSSR count). The van der Waals surface area contributed by atoms with Crippen molar-refractivity contribution in [3.05, 3.63) is 29.0 Å². The summed E-state index contributed by atoms with van der Waals surface area (Å²) in [5.74, 6) is 3.79. The molecule has 1 atom stereocenters. The molecule has 0 amide bonds. The quantitative estimate of drug-likeness (QED) is 0.909. The van der Waals surface area contributed by atoms with Gasteiger partial charge in [0.15, 0.2) is 0 Å². The van der Waals surface area contributed by atoms with Crippen LogP contribution in [0.1, 0.15) is 0 Å². The third-order valence-corrected chi connectivity index (χ3v) is 6.23. The summed E-state index contributed by atoms with van der Waals surface area (Å²) in [6.45, 7) is 0.995. The molecule has 1 aliphatic rings. The fraction of sp³-hybridized carbons (Fsp3) is 0.385. The highest BCUT2D eigenvalue weighted by Gasteiger charge is 2.14. The Bertz CT molecular complexity index is 573. The maximum Gasteiger partial charge on any atom is 0.112 e. The van der Waals surface area contributed by atoms with E-state index in [1.165, 1.54) is 17.3 Å². The van der Waals surface area contributed by atoms with Gasteiger partial charge in [-0.2, -0.15) is 23.5 Å². The van der Waals surface area contributed by atoms with Crippen LogP contribution in [0.25, 0.3) is 11.0 Å². The maximum atomic E-state index is 4.46. The van der Waals surface area contributed by atoms with Gasteiger partial charge in [0.2, 0.25) is 0 Å². The Morgan fingerprint density at radius 1 is 1.37 bits per heavy atom. The topological polar surface area (TPSA) is 37.8 Å². The largest absolute Gasteiger partial charge is 0.382 e. The van der Waals surface area contributed by atoms with Crippen LogP contribution in [0.3, 0.4) is 0 Å². The molecule has 0 aromatic carbocycles. The van der Waals surface area contributed by atoms with Crippen molar-refractivity contribution in [3.63, 3.8) is 0 Å². The minimum atomic E-state index is 0.692. The molecule has 19 heavy (non-hydrogen) atoms. The second-order valence-electron chi connectivity index (χ2n) is 4.33. The molecule has 6 heteroatoms. The first-order valence-electron chi connectivity index (χ1n) is 6.16. The van der Waals surface area contributed by atoms with Crippen LogP contribution < -0.4 is 5.32 Å². The van der Waals surface area contributed by atoms with Gasteiger partial charge in [-0.3, -0.25) is 9.97 Å². The molecule has 2 aromatic rings. The number of hydrogen-bond donors (Lipinski definition) is 1. The van der Waals surface area contributed by atoms with Crippen molar-refractivity contribution in [1.29, 1.82) is 0 Å². The van der Waals surface area contributed by atoms with Crippen molar-refractivity contribution in [2.24, 2.45) is 0 Å². The minimum absolute atomic E-state index is 0.692. The number of aromatic nitrogens is 2. The van der Waals surface area contributed by atoms with Gasteiger partial charge in [-0.1, -0.05) is 0 Å². The van der Waals surface area contributed by atoms with Crippen molar-refractivity contribution in [3.8, 4) is 0 Å². The van der Waals surface area contributed by atoms with Crippen LogP contribution in [0.2, 0.25) is 0 Å². The number of anilines is 1. The molecule has 3 heterocycles. The lowest BCUT2D eigenvalue weighted by Gasteiger charge is -2.21. The van der Waals surface area contributed by atoms with Gasteiger partial charge in [0.05, 0.1) is 11.2 Å². The summed E-state index contributed by atoms with van der Waals surface area (Å²) in [5, 5.41) is 4.22. The molecular weight excluding hydrogens is 342 g/mol. The summed E-state index contributed by atoms with van der Waals surface area (Å²) in [7, 11) is 0. The van der Waals surface area contributed by atoms with E-state index in [4.69, 9.17) is 0 Å². The molecule has 3 nitrogen and oxygen atoms in total. The number of thioether (sulfide) groups is 2. The number of hydrogen-bond acceptors (Lipinski definition) is 5. The van der Waals surface area contributed by atoms with Crippen LogP contribution in [0.4, 0.5) is 5.69 Å². The zero-order valence-electron chi connectivity index (χ0n) is 10.3. The molecule has 1 aliphatic heterocycles. The Kier molecular flexibility index (Phi) is 4.50. The third kappa shape index (κ3) is 3.35. The zero-order chi connectivity index (χ0) is 13.1. The molecule has 1 saturated heterocycles. The Labute approximate surface area is 129 Å². The van der Waals surface area contributed by atoms with Crippen molar-refractivity contribution in [2.75, 3.05) is 29.1 Å². The van der Waals surface area contributed by atoms with Crippen LogP contribution in [0.15, 0.2) is 29.0 Å². The first-order valence-corrected chi connectivity index (χ1v) is 9.16. The average Bonchev–Trinajstić information content (AvgIpc) is 2.45. The van der Waals surface area contributed by atoms with E-state index in [9.17, 15) is 0 Å². The second kappa shape index (κ2) is 6.33. The van der Waals surface area contributed by atoms with Crippen LogP contribution in [-0.2, 0) is 0 Å². The molecule has 100 valence electrons. The smallest absolute Gasteiger partial charge is 0.112 e. The molecule has 0 saturated carbocycles. The molecule has 0 spiro atoms. The molecule has 0 radical (unpaired) electrons. The summed E-state index contributed by atoms with van der Waals surface area (Å²) >= 11 is 7.54. The number of halogens is 1. The lowest BCUT2D eigenvalue weighted by molar-refractivity contribution is 1.00. The average molecular weight is 356 g/mol. The van der Waals surface area contributed by atoms with Gasteiger partial charge in [0.1, 0.15) is 5.52 Å². The highest BCUT2D eigenvalue weighted by atomic mass is 79.9. The maximum absolute atomic E-state index is 4.46. The molecule has 1 fully saturated rings. The van der Waals surface area contributed by atoms with E-state index in [-0.39, 0.29) is 0 Å². The fourth-order valence-corrected chi connectivity index (χ4v) is 4.96. The summed E-state index contributed by atoms with van der Waals surface area (Å²) in [6.07, 6.45) is 3.65. The highest BCUT2D eigenvalue weighted by Crippen LogP contribution is 2.26. The molecule has 1 unspecified atom stereocenters. The third-order valence-electron chi connectivity index (χ3n) is 2.95. The van der Waals surface area contributed by atoms with E-state index in [0.29, 0.717) is 5.25 Å². The lowest BCUT2D eigenvalue weighted by Crippen LogP contribution is -2.23. The van der Waals surface area contributed by atoms with Gasteiger partial charge in [-0.25, -0.2) is 0 Å². The van der Waals surface area contributed by atoms with Gasteiger partial charge < -0.3 is 5.32 Å². The standard InChI is InChI=1S/C13H14BrN3S2/c14-9-5-12-13(17-6-9)11(1-2-15-12)16-7-10-8-18-3-4-19-10/h1-2,5-6,10H,3-4,7-8H2,(H,15,16). The number of fused-ring (bicyclic) bond motifs is 1. The first-order chi connectivity index (χ1) is 9.33. The SMILES string of the molecule is Brc1cnc2c(NCC3CSCCS3)ccnc2c1. The Balaban J connectivity index is 1.76. The van der Waals surface area contributed by atoms with Crippen LogP contribution in [0, 0.1) is 0 Å². The van der Waals surface area contributed by atoms with Crippen LogP contribution >= 0.6 is 39.5 Å². The van der Waals surface area contributed by atoms with Gasteiger partial charge in [-0.05, 0) is 28.1 Å². The minimum Gasteiger partial charge on any atom is -0.382 e. The van der Waals surface area contributed by atoms with Gasteiger partial charge >= 0.3 is 0 Å². The fourth-order valence-electron chi connectivity index (χ4n) is 2.03. The van der Waals surface area contributed by atoms with E-state index in [1.807, 2.05) is 36.3 Å². The number of nitrogens with one attached hydrogen (secondary N) is 1. The van der Waals surface area contributed by atoms with Gasteiger partial charge in [-0.15, -0.1) is 0 Å². The summed E-state index contributed by atoms with van der Waals surface area (Å²) in [5.41, 5.74) is 2.94. The number of nitrogens with zero attached hydrogens (tertiary/aromatic N) is 2. The number of pyridine rings is 2. The highest BCUT2D eigenvalue weighted by molar-refractivity contribution is 9.10. The Morgan fingerprint density at radius 2 is 2.32 bits per heavy atom. The summed E-state index contributed by atoms with van der Waals surface area (Å²) in [6, 6.07) is 4.00. The van der Waals surface area contributed by atoms with Crippen molar-refractivity contribution >= 4 is 56.2 Å².